The Kier molecular flexibility index (Phi) is 5.10. The molecule has 154 valence electrons. The lowest BCUT2D eigenvalue weighted by atomic mass is 9.92. The first kappa shape index (κ1) is 19.5. The molecule has 2 aliphatic rings. The molecule has 0 aliphatic carbocycles. The van der Waals surface area contributed by atoms with Gasteiger partial charge in [0.15, 0.2) is 5.76 Å². The van der Waals surface area contributed by atoms with Crippen molar-refractivity contribution in [2.24, 2.45) is 5.92 Å². The number of likely N-dealkylation sites (tertiary alicyclic amines) is 1. The lowest BCUT2D eigenvalue weighted by molar-refractivity contribution is -0.137. The van der Waals surface area contributed by atoms with E-state index in [1.165, 1.54) is 12.3 Å². The predicted molar refractivity (Wildman–Crippen MR) is 99.5 cm³/mol. The molecule has 2 aromatic rings. The highest BCUT2D eigenvalue weighted by Gasteiger charge is 2.35. The maximum atomic E-state index is 13.1. The van der Waals surface area contributed by atoms with Crippen LogP contribution in [-0.4, -0.2) is 36.3 Å². The summed E-state index contributed by atoms with van der Waals surface area (Å²) in [6.07, 6.45) is -0.735. The molecule has 0 atom stereocenters. The summed E-state index contributed by atoms with van der Waals surface area (Å²) in [5.41, 5.74) is 0.448. The van der Waals surface area contributed by atoms with Crippen molar-refractivity contribution in [1.29, 1.82) is 0 Å². The lowest BCUT2D eigenvalue weighted by Gasteiger charge is -2.36. The number of carbonyl (C=O) groups is 2. The highest BCUT2D eigenvalue weighted by Crippen LogP contribution is 2.36. The van der Waals surface area contributed by atoms with Crippen LogP contribution < -0.4 is 4.90 Å². The number of benzene rings is 1. The molecule has 4 rings (SSSR count). The van der Waals surface area contributed by atoms with Crippen LogP contribution in [0.25, 0.3) is 0 Å². The number of rotatable bonds is 2. The molecule has 2 aliphatic heterocycles. The van der Waals surface area contributed by atoms with Crippen LogP contribution in [0.4, 0.5) is 18.9 Å². The molecule has 0 bridgehead atoms. The second kappa shape index (κ2) is 7.57. The summed E-state index contributed by atoms with van der Waals surface area (Å²) in [5.74, 6) is -0.233. The smallest absolute Gasteiger partial charge is 0.416 e. The van der Waals surface area contributed by atoms with Gasteiger partial charge in [0, 0.05) is 31.2 Å². The van der Waals surface area contributed by atoms with Gasteiger partial charge >= 0.3 is 6.18 Å². The number of nitrogens with zero attached hydrogens (tertiary/aromatic N) is 2. The normalized spacial score (nSPS) is 17.9. The standard InChI is InChI=1S/C21H21F3N2O3/c22-21(23,24)16-5-6-17-15(13-16)3-1-9-26(17)19(27)14-7-10-25(11-8-14)20(28)18-4-2-12-29-18/h2,4-6,12-14H,1,3,7-11H2. The van der Waals surface area contributed by atoms with Gasteiger partial charge in [-0.15, -0.1) is 0 Å². The Morgan fingerprint density at radius 1 is 1.07 bits per heavy atom. The van der Waals surface area contributed by atoms with E-state index in [1.807, 2.05) is 0 Å². The van der Waals surface area contributed by atoms with E-state index < -0.39 is 11.7 Å². The SMILES string of the molecule is O=C(c1ccco1)N1CCC(C(=O)N2CCCc3cc(C(F)(F)F)ccc32)CC1. The number of furan rings is 1. The van der Waals surface area contributed by atoms with E-state index in [0.717, 1.165) is 12.1 Å². The topological polar surface area (TPSA) is 53.8 Å². The van der Waals surface area contributed by atoms with Crippen molar-refractivity contribution in [3.05, 3.63) is 53.5 Å². The number of hydrogen-bond acceptors (Lipinski definition) is 3. The largest absolute Gasteiger partial charge is 0.459 e. The quantitative estimate of drug-likeness (QED) is 0.754. The van der Waals surface area contributed by atoms with Crippen molar-refractivity contribution >= 4 is 17.5 Å². The maximum absolute atomic E-state index is 13.1. The molecule has 0 saturated carbocycles. The molecule has 0 N–H and O–H groups in total. The van der Waals surface area contributed by atoms with Gasteiger partial charge in [-0.2, -0.15) is 13.2 Å². The molecule has 0 radical (unpaired) electrons. The first-order valence-electron chi connectivity index (χ1n) is 9.69. The molecule has 1 aromatic carbocycles. The molecular weight excluding hydrogens is 385 g/mol. The highest BCUT2D eigenvalue weighted by molar-refractivity contribution is 5.96. The van der Waals surface area contributed by atoms with Crippen molar-refractivity contribution in [3.8, 4) is 0 Å². The number of halogens is 3. The van der Waals surface area contributed by atoms with Gasteiger partial charge in [-0.1, -0.05) is 0 Å². The molecule has 2 amide bonds. The lowest BCUT2D eigenvalue weighted by Crippen LogP contribution is -2.45. The van der Waals surface area contributed by atoms with Crippen LogP contribution >= 0.6 is 0 Å². The van der Waals surface area contributed by atoms with Gasteiger partial charge in [0.25, 0.3) is 5.91 Å². The van der Waals surface area contributed by atoms with Crippen LogP contribution in [0.3, 0.4) is 0 Å². The van der Waals surface area contributed by atoms with Crippen LogP contribution in [0.2, 0.25) is 0 Å². The van der Waals surface area contributed by atoms with E-state index in [0.29, 0.717) is 56.6 Å². The summed E-state index contributed by atoms with van der Waals surface area (Å²) in [6.45, 7) is 1.40. The number of alkyl halides is 3. The minimum Gasteiger partial charge on any atom is -0.459 e. The third-order valence-corrected chi connectivity index (χ3v) is 5.65. The van der Waals surface area contributed by atoms with Crippen molar-refractivity contribution in [3.63, 3.8) is 0 Å². The summed E-state index contributed by atoms with van der Waals surface area (Å²) < 4.78 is 44.1. The van der Waals surface area contributed by atoms with Crippen LogP contribution in [0.5, 0.6) is 0 Å². The van der Waals surface area contributed by atoms with Gasteiger partial charge in [-0.3, -0.25) is 9.59 Å². The zero-order valence-electron chi connectivity index (χ0n) is 15.7. The monoisotopic (exact) mass is 406 g/mol. The van der Waals surface area contributed by atoms with Gasteiger partial charge in [0.05, 0.1) is 11.8 Å². The van der Waals surface area contributed by atoms with E-state index in [1.54, 1.807) is 21.9 Å². The van der Waals surface area contributed by atoms with Gasteiger partial charge in [0.2, 0.25) is 5.91 Å². The Labute approximate surface area is 166 Å². The van der Waals surface area contributed by atoms with E-state index in [9.17, 15) is 22.8 Å². The number of piperidine rings is 1. The van der Waals surface area contributed by atoms with Gasteiger partial charge in [-0.25, -0.2) is 0 Å². The molecule has 3 heterocycles. The Balaban J connectivity index is 1.44. The van der Waals surface area contributed by atoms with Crippen LogP contribution in [0.15, 0.2) is 41.0 Å². The van der Waals surface area contributed by atoms with Crippen LogP contribution in [0.1, 0.15) is 40.9 Å². The van der Waals surface area contributed by atoms with Crippen molar-refractivity contribution in [2.45, 2.75) is 31.9 Å². The van der Waals surface area contributed by atoms with Crippen LogP contribution in [-0.2, 0) is 17.4 Å². The van der Waals surface area contributed by atoms with Gasteiger partial charge in [0.1, 0.15) is 0 Å². The number of aryl methyl sites for hydroxylation is 1. The Hall–Kier alpha value is -2.77. The average Bonchev–Trinajstić information content (AvgIpc) is 3.26. The molecule has 29 heavy (non-hydrogen) atoms. The third-order valence-electron chi connectivity index (χ3n) is 5.65. The average molecular weight is 406 g/mol. The fraction of sp³-hybridized carbons (Fsp3) is 0.429. The number of anilines is 1. The molecule has 1 aromatic heterocycles. The Morgan fingerprint density at radius 3 is 2.48 bits per heavy atom. The minimum absolute atomic E-state index is 0.0733. The zero-order chi connectivity index (χ0) is 20.6. The van der Waals surface area contributed by atoms with E-state index >= 15 is 0 Å². The fourth-order valence-corrected chi connectivity index (χ4v) is 4.11. The van der Waals surface area contributed by atoms with E-state index in [4.69, 9.17) is 4.42 Å². The molecule has 1 fully saturated rings. The minimum atomic E-state index is -4.39. The molecule has 0 unspecified atom stereocenters. The number of fused-ring (bicyclic) bond motifs is 1. The molecule has 1 saturated heterocycles. The van der Waals surface area contributed by atoms with Crippen LogP contribution in [0, 0.1) is 5.92 Å². The molecule has 8 heteroatoms. The molecular formula is C21H21F3N2O3. The summed E-state index contributed by atoms with van der Waals surface area (Å²) in [6, 6.07) is 6.86. The summed E-state index contributed by atoms with van der Waals surface area (Å²) in [5, 5.41) is 0. The zero-order valence-corrected chi connectivity index (χ0v) is 15.7. The summed E-state index contributed by atoms with van der Waals surface area (Å²) in [4.78, 5) is 28.7. The van der Waals surface area contributed by atoms with Gasteiger partial charge in [-0.05, 0) is 61.6 Å². The van der Waals surface area contributed by atoms with Crippen molar-refractivity contribution in [1.82, 2.24) is 4.90 Å². The summed E-state index contributed by atoms with van der Waals surface area (Å²) in [7, 11) is 0. The first-order valence-corrected chi connectivity index (χ1v) is 9.69. The first-order chi connectivity index (χ1) is 13.8. The Bertz CT molecular complexity index is 900. The second-order valence-corrected chi connectivity index (χ2v) is 7.48. The predicted octanol–water partition coefficient (Wildman–Crippen LogP) is 4.13. The number of amides is 2. The maximum Gasteiger partial charge on any atom is 0.416 e. The molecule has 0 spiro atoms. The highest BCUT2D eigenvalue weighted by atomic mass is 19.4. The van der Waals surface area contributed by atoms with E-state index in [2.05, 4.69) is 0 Å². The third kappa shape index (κ3) is 3.88. The van der Waals surface area contributed by atoms with Crippen molar-refractivity contribution < 1.29 is 27.2 Å². The number of carbonyl (C=O) groups excluding carboxylic acids is 2. The van der Waals surface area contributed by atoms with Crippen molar-refractivity contribution in [2.75, 3.05) is 24.5 Å². The van der Waals surface area contributed by atoms with E-state index in [-0.39, 0.29) is 23.5 Å². The Morgan fingerprint density at radius 2 is 1.83 bits per heavy atom. The second-order valence-electron chi connectivity index (χ2n) is 7.48. The number of hydrogen-bond donors (Lipinski definition) is 0. The fourth-order valence-electron chi connectivity index (χ4n) is 4.11. The summed E-state index contributed by atoms with van der Waals surface area (Å²) >= 11 is 0. The molecule has 5 nitrogen and oxygen atoms in total. The van der Waals surface area contributed by atoms with Gasteiger partial charge < -0.3 is 14.2 Å².